The molecule has 160 valence electrons. The molecular weight excluding hydrogens is 453 g/mol. The first-order valence-electron chi connectivity index (χ1n) is 8.94. The van der Waals surface area contributed by atoms with E-state index in [1.165, 1.54) is 51.7 Å². The third kappa shape index (κ3) is 5.04. The van der Waals surface area contributed by atoms with E-state index in [1.54, 1.807) is 0 Å². The summed E-state index contributed by atoms with van der Waals surface area (Å²) >= 11 is 11.7. The summed E-state index contributed by atoms with van der Waals surface area (Å²) in [5.74, 6) is -1.18. The van der Waals surface area contributed by atoms with Crippen LogP contribution in [0, 0.1) is 0 Å². The van der Waals surface area contributed by atoms with Crippen LogP contribution in [0.5, 0.6) is 0 Å². The molecule has 2 N–H and O–H groups in total. The first-order valence-corrected chi connectivity index (χ1v) is 11.1. The van der Waals surface area contributed by atoms with E-state index in [1.807, 2.05) is 0 Å². The Labute approximate surface area is 184 Å². The average molecular weight is 472 g/mol. The highest BCUT2D eigenvalue weighted by Gasteiger charge is 2.30. The zero-order valence-electron chi connectivity index (χ0n) is 15.8. The second-order valence-corrected chi connectivity index (χ2v) is 9.36. The van der Waals surface area contributed by atoms with Crippen molar-refractivity contribution in [3.05, 3.63) is 58.1 Å². The predicted octanol–water partition coefficient (Wildman–Crippen LogP) is 2.27. The number of sulfonamides is 1. The van der Waals surface area contributed by atoms with Gasteiger partial charge in [0.1, 0.15) is 0 Å². The van der Waals surface area contributed by atoms with Gasteiger partial charge in [0, 0.05) is 41.9 Å². The van der Waals surface area contributed by atoms with Crippen LogP contribution >= 0.6 is 23.2 Å². The third-order valence-electron chi connectivity index (χ3n) is 4.60. The van der Waals surface area contributed by atoms with E-state index in [2.05, 4.69) is 0 Å². The summed E-state index contributed by atoms with van der Waals surface area (Å²) in [6, 6.07) is 10.3. The zero-order chi connectivity index (χ0) is 21.9. The van der Waals surface area contributed by atoms with Gasteiger partial charge in [-0.1, -0.05) is 23.2 Å². The van der Waals surface area contributed by atoms with Crippen LogP contribution in [0.15, 0.2) is 47.4 Å². The van der Waals surface area contributed by atoms with Gasteiger partial charge in [0.05, 0.1) is 10.5 Å². The molecule has 1 aliphatic rings. The van der Waals surface area contributed by atoms with Crippen LogP contribution in [-0.4, -0.2) is 62.3 Å². The first-order chi connectivity index (χ1) is 14.2. The second-order valence-electron chi connectivity index (χ2n) is 6.55. The molecule has 1 fully saturated rings. The van der Waals surface area contributed by atoms with E-state index in [-0.39, 0.29) is 42.3 Å². The maximum atomic E-state index is 12.7. The molecular formula is C19H19Cl2N3O5S. The van der Waals surface area contributed by atoms with Crippen LogP contribution < -0.4 is 5.73 Å². The number of anilines is 1. The van der Waals surface area contributed by atoms with E-state index < -0.39 is 28.5 Å². The number of hydrogen-bond acceptors (Lipinski definition) is 6. The van der Waals surface area contributed by atoms with Crippen molar-refractivity contribution in [1.29, 1.82) is 0 Å². The number of piperazine rings is 1. The minimum absolute atomic E-state index is 0.0779. The summed E-state index contributed by atoms with van der Waals surface area (Å²) in [5.41, 5.74) is 6.00. The van der Waals surface area contributed by atoms with E-state index >= 15 is 0 Å². The van der Waals surface area contributed by atoms with Crippen molar-refractivity contribution in [2.24, 2.45) is 0 Å². The van der Waals surface area contributed by atoms with Crippen molar-refractivity contribution in [2.75, 3.05) is 38.5 Å². The van der Waals surface area contributed by atoms with Crippen LogP contribution in [0.4, 0.5) is 5.69 Å². The summed E-state index contributed by atoms with van der Waals surface area (Å²) in [6.07, 6.45) is 0. The number of amides is 1. The molecule has 11 heteroatoms. The van der Waals surface area contributed by atoms with Crippen LogP contribution in [0.25, 0.3) is 0 Å². The number of nitrogens with zero attached hydrogens (tertiary/aromatic N) is 2. The summed E-state index contributed by atoms with van der Waals surface area (Å²) in [5, 5.41) is 0.763. The largest absolute Gasteiger partial charge is 0.452 e. The van der Waals surface area contributed by atoms with Gasteiger partial charge in [0.2, 0.25) is 10.0 Å². The van der Waals surface area contributed by atoms with Gasteiger partial charge in [-0.25, -0.2) is 13.2 Å². The van der Waals surface area contributed by atoms with Crippen LogP contribution in [0.2, 0.25) is 10.0 Å². The van der Waals surface area contributed by atoms with Gasteiger partial charge in [-0.3, -0.25) is 4.79 Å². The fourth-order valence-corrected chi connectivity index (χ4v) is 4.66. The van der Waals surface area contributed by atoms with Crippen molar-refractivity contribution in [2.45, 2.75) is 4.90 Å². The average Bonchev–Trinajstić information content (AvgIpc) is 2.74. The number of nitrogens with two attached hydrogens (primary N) is 1. The van der Waals surface area contributed by atoms with Gasteiger partial charge >= 0.3 is 5.97 Å². The van der Waals surface area contributed by atoms with E-state index in [9.17, 15) is 18.0 Å². The van der Waals surface area contributed by atoms with Gasteiger partial charge in [-0.2, -0.15) is 4.31 Å². The lowest BCUT2D eigenvalue weighted by Gasteiger charge is -2.33. The highest BCUT2D eigenvalue weighted by Crippen LogP contribution is 2.21. The molecule has 1 amide bonds. The van der Waals surface area contributed by atoms with Crippen LogP contribution in [-0.2, 0) is 19.6 Å². The monoisotopic (exact) mass is 471 g/mol. The molecule has 0 radical (unpaired) electrons. The SMILES string of the molecule is Nc1ccc(Cl)cc1C(=O)OCC(=O)N1CCN(S(=O)(=O)c2ccc(Cl)cc2)CC1. The number of hydrogen-bond donors (Lipinski definition) is 1. The maximum Gasteiger partial charge on any atom is 0.340 e. The highest BCUT2D eigenvalue weighted by molar-refractivity contribution is 7.89. The molecule has 0 saturated carbocycles. The fraction of sp³-hybridized carbons (Fsp3) is 0.263. The molecule has 8 nitrogen and oxygen atoms in total. The Morgan fingerprint density at radius 3 is 2.20 bits per heavy atom. The van der Waals surface area contributed by atoms with Crippen molar-refractivity contribution in [1.82, 2.24) is 9.21 Å². The number of carbonyl (C=O) groups is 2. The number of benzene rings is 2. The van der Waals surface area contributed by atoms with E-state index in [4.69, 9.17) is 33.7 Å². The molecule has 30 heavy (non-hydrogen) atoms. The number of rotatable bonds is 5. The molecule has 0 atom stereocenters. The minimum Gasteiger partial charge on any atom is -0.452 e. The van der Waals surface area contributed by atoms with E-state index in [0.29, 0.717) is 10.0 Å². The summed E-state index contributed by atoms with van der Waals surface area (Å²) in [7, 11) is -3.67. The van der Waals surface area contributed by atoms with E-state index in [0.717, 1.165) is 0 Å². The van der Waals surface area contributed by atoms with Gasteiger partial charge in [0.15, 0.2) is 6.61 Å². The quantitative estimate of drug-likeness (QED) is 0.528. The lowest BCUT2D eigenvalue weighted by Crippen LogP contribution is -2.51. The first kappa shape index (κ1) is 22.4. The second kappa shape index (κ2) is 9.22. The summed E-state index contributed by atoms with van der Waals surface area (Å²) in [6.45, 7) is 0.150. The lowest BCUT2D eigenvalue weighted by atomic mass is 10.2. The van der Waals surface area contributed by atoms with Gasteiger partial charge in [0.25, 0.3) is 5.91 Å². The smallest absolute Gasteiger partial charge is 0.340 e. The lowest BCUT2D eigenvalue weighted by molar-refractivity contribution is -0.135. The molecule has 2 aromatic rings. The summed E-state index contributed by atoms with van der Waals surface area (Å²) in [4.78, 5) is 26.1. The Morgan fingerprint density at radius 1 is 0.967 bits per heavy atom. The molecule has 0 bridgehead atoms. The molecule has 0 aromatic heterocycles. The van der Waals surface area contributed by atoms with Crippen molar-refractivity contribution >= 4 is 50.8 Å². The number of esters is 1. The molecule has 1 heterocycles. The molecule has 1 saturated heterocycles. The summed E-state index contributed by atoms with van der Waals surface area (Å²) < 4.78 is 31.7. The minimum atomic E-state index is -3.67. The number of ether oxygens (including phenoxy) is 1. The number of carbonyl (C=O) groups excluding carboxylic acids is 2. The fourth-order valence-electron chi connectivity index (χ4n) is 2.94. The molecule has 1 aliphatic heterocycles. The Hall–Kier alpha value is -2.33. The van der Waals surface area contributed by atoms with Gasteiger partial charge in [-0.05, 0) is 42.5 Å². The third-order valence-corrected chi connectivity index (χ3v) is 7.00. The Balaban J connectivity index is 1.54. The van der Waals surface area contributed by atoms with Crippen molar-refractivity contribution in [3.8, 4) is 0 Å². The van der Waals surface area contributed by atoms with Crippen molar-refractivity contribution in [3.63, 3.8) is 0 Å². The van der Waals surface area contributed by atoms with Gasteiger partial charge < -0.3 is 15.4 Å². The highest BCUT2D eigenvalue weighted by atomic mass is 35.5. The molecule has 3 rings (SSSR count). The normalized spacial score (nSPS) is 15.1. The Morgan fingerprint density at radius 2 is 1.57 bits per heavy atom. The number of halogens is 2. The zero-order valence-corrected chi connectivity index (χ0v) is 18.1. The maximum absolute atomic E-state index is 12.7. The Kier molecular flexibility index (Phi) is 6.87. The van der Waals surface area contributed by atoms with Crippen molar-refractivity contribution < 1.29 is 22.7 Å². The Bertz CT molecular complexity index is 1050. The topological polar surface area (TPSA) is 110 Å². The molecule has 0 aliphatic carbocycles. The number of nitrogen functional groups attached to an aromatic ring is 1. The predicted molar refractivity (Wildman–Crippen MR) is 113 cm³/mol. The standard InChI is InChI=1S/C19H19Cl2N3O5S/c20-13-1-4-15(5-2-13)30(27,28)24-9-7-23(8-10-24)18(25)12-29-19(26)16-11-14(21)3-6-17(16)22/h1-6,11H,7-10,12,22H2. The molecule has 0 spiro atoms. The molecule has 0 unspecified atom stereocenters. The van der Waals surface area contributed by atoms with Crippen LogP contribution in [0.1, 0.15) is 10.4 Å². The molecule has 2 aromatic carbocycles. The van der Waals surface area contributed by atoms with Gasteiger partial charge in [-0.15, -0.1) is 0 Å². The van der Waals surface area contributed by atoms with Crippen LogP contribution in [0.3, 0.4) is 0 Å².